The lowest BCUT2D eigenvalue weighted by atomic mass is 10.1. The maximum Gasteiger partial charge on any atom is 0.343 e. The normalized spacial score (nSPS) is 15.2. The SMILES string of the molecule is CC(=O)Oc1ccc(Br)cc1/C=C1/C=C(c2ccccc2)OC1=O. The highest BCUT2D eigenvalue weighted by Crippen LogP contribution is 2.30. The molecule has 0 amide bonds. The maximum absolute atomic E-state index is 12.1. The van der Waals surface area contributed by atoms with Crippen LogP contribution in [-0.2, 0) is 14.3 Å². The number of carbonyl (C=O) groups is 2. The quantitative estimate of drug-likeness (QED) is 0.448. The number of cyclic esters (lactones) is 1. The minimum atomic E-state index is -0.442. The molecule has 24 heavy (non-hydrogen) atoms. The van der Waals surface area contributed by atoms with E-state index in [1.807, 2.05) is 30.3 Å². The fourth-order valence-electron chi connectivity index (χ4n) is 2.28. The van der Waals surface area contributed by atoms with Gasteiger partial charge < -0.3 is 9.47 Å². The highest BCUT2D eigenvalue weighted by atomic mass is 79.9. The van der Waals surface area contributed by atoms with Crippen molar-refractivity contribution in [2.75, 3.05) is 0 Å². The molecule has 0 aromatic heterocycles. The van der Waals surface area contributed by atoms with Crippen LogP contribution in [0.25, 0.3) is 11.8 Å². The first kappa shape index (κ1) is 16.2. The average molecular weight is 385 g/mol. The lowest BCUT2D eigenvalue weighted by Gasteiger charge is -2.06. The molecule has 2 aromatic carbocycles. The van der Waals surface area contributed by atoms with Crippen molar-refractivity contribution in [2.24, 2.45) is 0 Å². The van der Waals surface area contributed by atoms with Crippen LogP contribution in [0.4, 0.5) is 0 Å². The van der Waals surface area contributed by atoms with Crippen LogP contribution in [0.15, 0.2) is 64.7 Å². The van der Waals surface area contributed by atoms with E-state index < -0.39 is 11.9 Å². The summed E-state index contributed by atoms with van der Waals surface area (Å²) in [6.07, 6.45) is 3.32. The summed E-state index contributed by atoms with van der Waals surface area (Å²) in [5.74, 6) is 0.0116. The number of hydrogen-bond donors (Lipinski definition) is 0. The monoisotopic (exact) mass is 384 g/mol. The third-order valence-corrected chi connectivity index (χ3v) is 3.81. The van der Waals surface area contributed by atoms with Gasteiger partial charge in [0.05, 0.1) is 5.57 Å². The van der Waals surface area contributed by atoms with Gasteiger partial charge in [0.15, 0.2) is 0 Å². The first-order chi connectivity index (χ1) is 11.5. The summed E-state index contributed by atoms with van der Waals surface area (Å²) in [5, 5.41) is 0. The third-order valence-electron chi connectivity index (χ3n) is 3.32. The molecule has 0 atom stereocenters. The van der Waals surface area contributed by atoms with Gasteiger partial charge in [-0.2, -0.15) is 0 Å². The van der Waals surface area contributed by atoms with Gasteiger partial charge in [0.25, 0.3) is 0 Å². The lowest BCUT2D eigenvalue weighted by Crippen LogP contribution is -2.03. The number of benzene rings is 2. The molecule has 3 rings (SSSR count). The zero-order chi connectivity index (χ0) is 17.1. The average Bonchev–Trinajstić information content (AvgIpc) is 2.91. The molecule has 0 radical (unpaired) electrons. The Morgan fingerprint density at radius 2 is 1.92 bits per heavy atom. The molecule has 4 nitrogen and oxygen atoms in total. The van der Waals surface area contributed by atoms with E-state index in [0.29, 0.717) is 22.6 Å². The zero-order valence-electron chi connectivity index (χ0n) is 12.8. The number of halogens is 1. The second-order valence-electron chi connectivity index (χ2n) is 5.14. The van der Waals surface area contributed by atoms with Gasteiger partial charge >= 0.3 is 11.9 Å². The Morgan fingerprint density at radius 3 is 2.62 bits per heavy atom. The summed E-state index contributed by atoms with van der Waals surface area (Å²) in [7, 11) is 0. The number of ether oxygens (including phenoxy) is 2. The van der Waals surface area contributed by atoms with Gasteiger partial charge in [-0.15, -0.1) is 0 Å². The van der Waals surface area contributed by atoms with E-state index in [2.05, 4.69) is 15.9 Å². The lowest BCUT2D eigenvalue weighted by molar-refractivity contribution is -0.132. The van der Waals surface area contributed by atoms with Crippen LogP contribution >= 0.6 is 15.9 Å². The summed E-state index contributed by atoms with van der Waals surface area (Å²) in [5.41, 5.74) is 1.82. The second kappa shape index (κ2) is 6.84. The Kier molecular flexibility index (Phi) is 4.62. The first-order valence-corrected chi connectivity index (χ1v) is 8.01. The number of hydrogen-bond acceptors (Lipinski definition) is 4. The van der Waals surface area contributed by atoms with Gasteiger partial charge in [0.2, 0.25) is 0 Å². The molecule has 1 aliphatic heterocycles. The fraction of sp³-hybridized carbons (Fsp3) is 0.0526. The number of carbonyl (C=O) groups excluding carboxylic acids is 2. The number of esters is 2. The van der Waals surface area contributed by atoms with Gasteiger partial charge in [-0.1, -0.05) is 46.3 Å². The van der Waals surface area contributed by atoms with Gasteiger partial charge in [-0.05, 0) is 30.4 Å². The Morgan fingerprint density at radius 1 is 1.17 bits per heavy atom. The first-order valence-electron chi connectivity index (χ1n) is 7.22. The molecule has 0 saturated carbocycles. The van der Waals surface area contributed by atoms with Crippen LogP contribution in [0, 0.1) is 0 Å². The molecular formula is C19H13BrO4. The van der Waals surface area contributed by atoms with Crippen molar-refractivity contribution >= 4 is 39.7 Å². The molecule has 0 aliphatic carbocycles. The van der Waals surface area contributed by atoms with Crippen LogP contribution in [0.3, 0.4) is 0 Å². The Hall–Kier alpha value is -2.66. The highest BCUT2D eigenvalue weighted by molar-refractivity contribution is 9.10. The maximum atomic E-state index is 12.1. The molecule has 0 fully saturated rings. The molecule has 0 spiro atoms. The number of rotatable bonds is 3. The molecule has 5 heteroatoms. The summed E-state index contributed by atoms with van der Waals surface area (Å²) >= 11 is 3.37. The highest BCUT2D eigenvalue weighted by Gasteiger charge is 2.22. The largest absolute Gasteiger partial charge is 0.426 e. The van der Waals surface area contributed by atoms with Gasteiger partial charge in [0.1, 0.15) is 11.5 Å². The molecule has 120 valence electrons. The predicted octanol–water partition coefficient (Wildman–Crippen LogP) is 4.36. The van der Waals surface area contributed by atoms with Crippen molar-refractivity contribution in [2.45, 2.75) is 6.92 Å². The smallest absolute Gasteiger partial charge is 0.343 e. The van der Waals surface area contributed by atoms with E-state index in [4.69, 9.17) is 9.47 Å². The van der Waals surface area contributed by atoms with Crippen LogP contribution in [0.1, 0.15) is 18.1 Å². The molecule has 0 unspecified atom stereocenters. The summed E-state index contributed by atoms with van der Waals surface area (Å²) in [6, 6.07) is 14.6. The van der Waals surface area contributed by atoms with Crippen molar-refractivity contribution < 1.29 is 19.1 Å². The van der Waals surface area contributed by atoms with Crippen molar-refractivity contribution in [1.82, 2.24) is 0 Å². The van der Waals surface area contributed by atoms with Crippen molar-refractivity contribution in [3.05, 3.63) is 75.8 Å². The third kappa shape index (κ3) is 3.63. The molecule has 2 aromatic rings. The standard InChI is InChI=1S/C19H13BrO4/c1-12(21)23-17-8-7-16(20)10-14(17)9-15-11-18(24-19(15)22)13-5-3-2-4-6-13/h2-11H,1H3/b15-9-. The molecule has 0 bridgehead atoms. The van der Waals surface area contributed by atoms with E-state index in [9.17, 15) is 9.59 Å². The Labute approximate surface area is 147 Å². The molecule has 0 saturated heterocycles. The predicted molar refractivity (Wildman–Crippen MR) is 93.9 cm³/mol. The summed E-state index contributed by atoms with van der Waals surface area (Å²) < 4.78 is 11.3. The summed E-state index contributed by atoms with van der Waals surface area (Å²) in [4.78, 5) is 23.3. The molecule has 1 heterocycles. The zero-order valence-corrected chi connectivity index (χ0v) is 14.4. The van der Waals surface area contributed by atoms with Gasteiger partial charge in [-0.3, -0.25) is 4.79 Å². The Balaban J connectivity index is 1.99. The molecule has 0 N–H and O–H groups in total. The molecular weight excluding hydrogens is 372 g/mol. The van der Waals surface area contributed by atoms with E-state index in [0.717, 1.165) is 10.0 Å². The second-order valence-corrected chi connectivity index (χ2v) is 6.06. The molecule has 1 aliphatic rings. The van der Waals surface area contributed by atoms with Crippen LogP contribution in [-0.4, -0.2) is 11.9 Å². The van der Waals surface area contributed by atoms with Crippen molar-refractivity contribution in [3.8, 4) is 5.75 Å². The minimum absolute atomic E-state index is 0.382. The van der Waals surface area contributed by atoms with E-state index in [1.165, 1.54) is 6.92 Å². The van der Waals surface area contributed by atoms with Crippen LogP contribution in [0.2, 0.25) is 0 Å². The van der Waals surface area contributed by atoms with E-state index in [-0.39, 0.29) is 0 Å². The minimum Gasteiger partial charge on any atom is -0.426 e. The topological polar surface area (TPSA) is 52.6 Å². The van der Waals surface area contributed by atoms with Crippen molar-refractivity contribution in [1.29, 1.82) is 0 Å². The van der Waals surface area contributed by atoms with E-state index >= 15 is 0 Å². The van der Waals surface area contributed by atoms with Crippen LogP contribution < -0.4 is 4.74 Å². The summed E-state index contributed by atoms with van der Waals surface area (Å²) in [6.45, 7) is 1.33. The van der Waals surface area contributed by atoms with Gasteiger partial charge in [0, 0.05) is 22.5 Å². The van der Waals surface area contributed by atoms with Crippen LogP contribution in [0.5, 0.6) is 5.75 Å². The fourth-order valence-corrected chi connectivity index (χ4v) is 2.66. The van der Waals surface area contributed by atoms with Gasteiger partial charge in [-0.25, -0.2) is 4.79 Å². The van der Waals surface area contributed by atoms with E-state index in [1.54, 1.807) is 30.4 Å². The Bertz CT molecular complexity index is 866. The van der Waals surface area contributed by atoms with Crippen molar-refractivity contribution in [3.63, 3.8) is 0 Å².